The van der Waals surface area contributed by atoms with Crippen LogP contribution in [0.4, 0.5) is 5.82 Å². The van der Waals surface area contributed by atoms with Gasteiger partial charge in [-0.2, -0.15) is 0 Å². The first-order chi connectivity index (χ1) is 8.60. The van der Waals surface area contributed by atoms with E-state index in [2.05, 4.69) is 48.1 Å². The molecule has 3 heteroatoms. The fourth-order valence-electron chi connectivity index (χ4n) is 1.96. The fourth-order valence-corrected chi connectivity index (χ4v) is 1.96. The Morgan fingerprint density at radius 2 is 1.83 bits per heavy atom. The zero-order valence-electron chi connectivity index (χ0n) is 11.1. The standard InChI is InChI=1S/C15H19N3/c1-4-10(2)12-5-7-13(8-6-12)14-9-15(16)18-11(3)17-14/h5-10H,4H2,1-3H3,(H2,16,17,18). The molecule has 1 atom stereocenters. The number of aromatic nitrogens is 2. The molecule has 2 aromatic rings. The molecule has 1 heterocycles. The summed E-state index contributed by atoms with van der Waals surface area (Å²) < 4.78 is 0. The van der Waals surface area contributed by atoms with Gasteiger partial charge in [0, 0.05) is 11.6 Å². The van der Waals surface area contributed by atoms with E-state index in [1.54, 1.807) is 0 Å². The molecule has 3 nitrogen and oxygen atoms in total. The summed E-state index contributed by atoms with van der Waals surface area (Å²) >= 11 is 0. The molecule has 0 radical (unpaired) electrons. The van der Waals surface area contributed by atoms with E-state index in [9.17, 15) is 0 Å². The number of nitrogens with zero attached hydrogens (tertiary/aromatic N) is 2. The number of anilines is 1. The molecule has 0 spiro atoms. The van der Waals surface area contributed by atoms with Crippen LogP contribution in [0.1, 0.15) is 37.6 Å². The summed E-state index contributed by atoms with van der Waals surface area (Å²) in [5.41, 5.74) is 9.07. The van der Waals surface area contributed by atoms with Crippen LogP contribution < -0.4 is 5.73 Å². The first-order valence-corrected chi connectivity index (χ1v) is 6.31. The van der Waals surface area contributed by atoms with E-state index in [0.717, 1.165) is 17.7 Å². The molecule has 0 fully saturated rings. The molecule has 18 heavy (non-hydrogen) atoms. The van der Waals surface area contributed by atoms with E-state index in [4.69, 9.17) is 5.73 Å². The first-order valence-electron chi connectivity index (χ1n) is 6.31. The third kappa shape index (κ3) is 2.67. The van der Waals surface area contributed by atoms with Gasteiger partial charge >= 0.3 is 0 Å². The lowest BCUT2D eigenvalue weighted by molar-refractivity contribution is 0.734. The monoisotopic (exact) mass is 241 g/mol. The Bertz CT molecular complexity index is 512. The molecule has 1 unspecified atom stereocenters. The minimum Gasteiger partial charge on any atom is -0.384 e. The summed E-state index contributed by atoms with van der Waals surface area (Å²) in [5, 5.41) is 0. The lowest BCUT2D eigenvalue weighted by Crippen LogP contribution is -1.97. The summed E-state index contributed by atoms with van der Waals surface area (Å²) in [6, 6.07) is 10.3. The summed E-state index contributed by atoms with van der Waals surface area (Å²) in [5.74, 6) is 1.82. The van der Waals surface area contributed by atoms with Gasteiger partial charge in [0.15, 0.2) is 0 Å². The van der Waals surface area contributed by atoms with Gasteiger partial charge in [-0.05, 0) is 24.8 Å². The van der Waals surface area contributed by atoms with Crippen molar-refractivity contribution in [2.75, 3.05) is 5.73 Å². The average molecular weight is 241 g/mol. The summed E-state index contributed by atoms with van der Waals surface area (Å²) in [4.78, 5) is 8.49. The highest BCUT2D eigenvalue weighted by Crippen LogP contribution is 2.23. The molecular formula is C15H19N3. The van der Waals surface area contributed by atoms with Crippen molar-refractivity contribution in [3.05, 3.63) is 41.7 Å². The topological polar surface area (TPSA) is 51.8 Å². The predicted molar refractivity (Wildman–Crippen MR) is 75.3 cm³/mol. The van der Waals surface area contributed by atoms with Crippen LogP contribution in [0, 0.1) is 6.92 Å². The van der Waals surface area contributed by atoms with Crippen LogP contribution in [0.3, 0.4) is 0 Å². The molecule has 0 saturated heterocycles. The Hall–Kier alpha value is -1.90. The average Bonchev–Trinajstić information content (AvgIpc) is 2.37. The lowest BCUT2D eigenvalue weighted by atomic mass is 9.97. The molecule has 0 aliphatic carbocycles. The van der Waals surface area contributed by atoms with Crippen LogP contribution in [0.25, 0.3) is 11.3 Å². The maximum absolute atomic E-state index is 5.75. The highest BCUT2D eigenvalue weighted by Gasteiger charge is 2.05. The Labute approximate surface area is 108 Å². The Morgan fingerprint density at radius 3 is 2.39 bits per heavy atom. The van der Waals surface area contributed by atoms with Crippen molar-refractivity contribution >= 4 is 5.82 Å². The number of nitrogen functional groups attached to an aromatic ring is 1. The van der Waals surface area contributed by atoms with Gasteiger partial charge < -0.3 is 5.73 Å². The van der Waals surface area contributed by atoms with Crippen LogP contribution in [0.15, 0.2) is 30.3 Å². The second-order valence-electron chi connectivity index (χ2n) is 4.66. The third-order valence-electron chi connectivity index (χ3n) is 3.25. The number of aryl methyl sites for hydroxylation is 1. The van der Waals surface area contributed by atoms with Crippen LogP contribution in [0.2, 0.25) is 0 Å². The molecule has 0 bridgehead atoms. The van der Waals surface area contributed by atoms with Crippen molar-refractivity contribution in [3.63, 3.8) is 0 Å². The molecule has 94 valence electrons. The molecule has 2 rings (SSSR count). The summed E-state index contributed by atoms with van der Waals surface area (Å²) in [6.45, 7) is 6.29. The van der Waals surface area contributed by atoms with Gasteiger partial charge in [-0.3, -0.25) is 0 Å². The Kier molecular flexibility index (Phi) is 3.60. The van der Waals surface area contributed by atoms with Gasteiger partial charge in [-0.15, -0.1) is 0 Å². The maximum Gasteiger partial charge on any atom is 0.128 e. The SMILES string of the molecule is CCC(C)c1ccc(-c2cc(N)nc(C)n2)cc1. The van der Waals surface area contributed by atoms with Gasteiger partial charge in [0.05, 0.1) is 5.69 Å². The largest absolute Gasteiger partial charge is 0.384 e. The molecule has 0 aliphatic heterocycles. The van der Waals surface area contributed by atoms with E-state index < -0.39 is 0 Å². The molecule has 1 aromatic heterocycles. The van der Waals surface area contributed by atoms with Gasteiger partial charge in [-0.1, -0.05) is 38.1 Å². The molecular weight excluding hydrogens is 222 g/mol. The number of hydrogen-bond acceptors (Lipinski definition) is 3. The number of hydrogen-bond donors (Lipinski definition) is 1. The quantitative estimate of drug-likeness (QED) is 0.894. The highest BCUT2D eigenvalue weighted by atomic mass is 14.9. The van der Waals surface area contributed by atoms with Crippen molar-refractivity contribution in [1.82, 2.24) is 9.97 Å². The van der Waals surface area contributed by atoms with E-state index >= 15 is 0 Å². The van der Waals surface area contributed by atoms with Crippen molar-refractivity contribution in [2.45, 2.75) is 33.1 Å². The zero-order chi connectivity index (χ0) is 13.1. The number of nitrogens with two attached hydrogens (primary N) is 1. The van der Waals surface area contributed by atoms with Gasteiger partial charge in [0.25, 0.3) is 0 Å². The third-order valence-corrected chi connectivity index (χ3v) is 3.25. The number of rotatable bonds is 3. The fraction of sp³-hybridized carbons (Fsp3) is 0.333. The molecule has 2 N–H and O–H groups in total. The molecule has 0 saturated carbocycles. The van der Waals surface area contributed by atoms with Crippen LogP contribution in [0.5, 0.6) is 0 Å². The second-order valence-corrected chi connectivity index (χ2v) is 4.66. The lowest BCUT2D eigenvalue weighted by Gasteiger charge is -2.10. The molecule has 0 amide bonds. The van der Waals surface area contributed by atoms with E-state index in [1.807, 2.05) is 13.0 Å². The Morgan fingerprint density at radius 1 is 1.17 bits per heavy atom. The van der Waals surface area contributed by atoms with Gasteiger partial charge in [0.1, 0.15) is 11.6 Å². The summed E-state index contributed by atoms with van der Waals surface area (Å²) in [7, 11) is 0. The Balaban J connectivity index is 2.34. The maximum atomic E-state index is 5.75. The van der Waals surface area contributed by atoms with Crippen molar-refractivity contribution in [3.8, 4) is 11.3 Å². The zero-order valence-corrected chi connectivity index (χ0v) is 11.1. The van der Waals surface area contributed by atoms with Gasteiger partial charge in [-0.25, -0.2) is 9.97 Å². The van der Waals surface area contributed by atoms with Crippen LogP contribution in [-0.4, -0.2) is 9.97 Å². The number of benzene rings is 1. The van der Waals surface area contributed by atoms with Crippen molar-refractivity contribution < 1.29 is 0 Å². The van der Waals surface area contributed by atoms with Crippen LogP contribution >= 0.6 is 0 Å². The van der Waals surface area contributed by atoms with Crippen molar-refractivity contribution in [2.24, 2.45) is 0 Å². The van der Waals surface area contributed by atoms with Crippen molar-refractivity contribution in [1.29, 1.82) is 0 Å². The van der Waals surface area contributed by atoms with E-state index in [-0.39, 0.29) is 0 Å². The highest BCUT2D eigenvalue weighted by molar-refractivity contribution is 5.62. The smallest absolute Gasteiger partial charge is 0.128 e. The van der Waals surface area contributed by atoms with E-state index in [0.29, 0.717) is 17.6 Å². The van der Waals surface area contributed by atoms with Crippen LogP contribution in [-0.2, 0) is 0 Å². The normalized spacial score (nSPS) is 12.4. The second kappa shape index (κ2) is 5.17. The summed E-state index contributed by atoms with van der Waals surface area (Å²) in [6.07, 6.45) is 1.15. The van der Waals surface area contributed by atoms with Gasteiger partial charge in [0.2, 0.25) is 0 Å². The minimum absolute atomic E-state index is 0.517. The van der Waals surface area contributed by atoms with E-state index in [1.165, 1.54) is 5.56 Å². The molecule has 0 aliphatic rings. The predicted octanol–water partition coefficient (Wildman–Crippen LogP) is 3.55. The molecule has 1 aromatic carbocycles. The first kappa shape index (κ1) is 12.6. The minimum atomic E-state index is 0.517.